The molecule has 0 saturated carbocycles. The third kappa shape index (κ3) is 3.71. The van der Waals surface area contributed by atoms with Crippen LogP contribution in [0.25, 0.3) is 0 Å². The molecule has 0 saturated heterocycles. The van der Waals surface area contributed by atoms with Crippen LogP contribution in [0.2, 0.25) is 25.7 Å². The van der Waals surface area contributed by atoms with E-state index < -0.39 is 8.07 Å². The van der Waals surface area contributed by atoms with Gasteiger partial charge in [-0.15, -0.1) is 0 Å². The zero-order valence-corrected chi connectivity index (χ0v) is 12.6. The molecule has 18 heavy (non-hydrogen) atoms. The van der Waals surface area contributed by atoms with Gasteiger partial charge in [-0.3, -0.25) is 0 Å². The van der Waals surface area contributed by atoms with Crippen molar-refractivity contribution < 1.29 is 4.74 Å². The first-order valence-corrected chi connectivity index (χ1v) is 10.3. The van der Waals surface area contributed by atoms with Crippen molar-refractivity contribution in [1.29, 1.82) is 0 Å². The number of fused-ring (bicyclic) bond motifs is 1. The minimum absolute atomic E-state index is 0.649. The predicted octanol–water partition coefficient (Wildman–Crippen LogP) is 2.63. The van der Waals surface area contributed by atoms with Gasteiger partial charge in [-0.05, 0) is 18.2 Å². The fourth-order valence-corrected chi connectivity index (χ4v) is 2.65. The molecule has 1 aromatic heterocycles. The molecule has 0 fully saturated rings. The summed E-state index contributed by atoms with van der Waals surface area (Å²) in [5.41, 5.74) is 1.11. The van der Waals surface area contributed by atoms with Crippen LogP contribution in [0.15, 0.2) is 18.3 Å². The van der Waals surface area contributed by atoms with Crippen LogP contribution in [0.5, 0.6) is 0 Å². The third-order valence-electron chi connectivity index (χ3n) is 3.03. The number of anilines is 2. The minimum atomic E-state index is -0.987. The molecule has 0 aliphatic carbocycles. The molecule has 0 spiro atoms. The summed E-state index contributed by atoms with van der Waals surface area (Å²) < 4.78 is 5.80. The number of ether oxygens (including phenoxy) is 1. The van der Waals surface area contributed by atoms with Crippen LogP contribution in [-0.2, 0) is 4.74 Å². The van der Waals surface area contributed by atoms with Crippen molar-refractivity contribution in [3.8, 4) is 0 Å². The Bertz CT molecular complexity index is 392. The molecule has 0 aromatic carbocycles. The number of hydrogen-bond acceptors (Lipinski definition) is 4. The Kier molecular flexibility index (Phi) is 4.24. The Hall–Kier alpha value is -1.07. The molecule has 0 radical (unpaired) electrons. The summed E-state index contributed by atoms with van der Waals surface area (Å²) >= 11 is 0. The number of hydrogen-bond donors (Lipinski definition) is 1. The van der Waals surface area contributed by atoms with E-state index in [0.29, 0.717) is 6.73 Å². The molecule has 1 aliphatic rings. The number of nitrogens with zero attached hydrogens (tertiary/aromatic N) is 2. The summed E-state index contributed by atoms with van der Waals surface area (Å²) in [6.45, 7) is 10.5. The lowest BCUT2D eigenvalue weighted by Gasteiger charge is -2.30. The van der Waals surface area contributed by atoms with Crippen LogP contribution < -0.4 is 10.2 Å². The largest absolute Gasteiger partial charge is 0.380 e. The predicted molar refractivity (Wildman–Crippen MR) is 79.0 cm³/mol. The van der Waals surface area contributed by atoms with E-state index in [1.165, 1.54) is 6.04 Å². The fourth-order valence-electron chi connectivity index (χ4n) is 1.90. The summed E-state index contributed by atoms with van der Waals surface area (Å²) in [6.07, 6.45) is 1.83. The van der Waals surface area contributed by atoms with E-state index in [4.69, 9.17) is 4.74 Å². The second kappa shape index (κ2) is 5.71. The van der Waals surface area contributed by atoms with Crippen molar-refractivity contribution >= 4 is 19.6 Å². The van der Waals surface area contributed by atoms with Crippen LogP contribution in [0.4, 0.5) is 11.5 Å². The van der Waals surface area contributed by atoms with Crippen molar-refractivity contribution in [2.24, 2.45) is 0 Å². The van der Waals surface area contributed by atoms with Gasteiger partial charge in [0.05, 0.1) is 5.69 Å². The Morgan fingerprint density at radius 2 is 2.28 bits per heavy atom. The first-order chi connectivity index (χ1) is 8.56. The fraction of sp³-hybridized carbons (Fsp3) is 0.615. The van der Waals surface area contributed by atoms with Crippen LogP contribution >= 0.6 is 0 Å². The molecule has 1 aliphatic heterocycles. The van der Waals surface area contributed by atoms with E-state index in [0.717, 1.165) is 31.2 Å². The van der Waals surface area contributed by atoms with Gasteiger partial charge in [-0.1, -0.05) is 19.6 Å². The molecular weight excluding hydrogens is 242 g/mol. The average Bonchev–Trinajstić information content (AvgIpc) is 2.33. The van der Waals surface area contributed by atoms with Crippen molar-refractivity contribution in [3.63, 3.8) is 0 Å². The maximum atomic E-state index is 5.80. The zero-order valence-electron chi connectivity index (χ0n) is 11.6. The van der Waals surface area contributed by atoms with Gasteiger partial charge in [0.2, 0.25) is 0 Å². The lowest BCUT2D eigenvalue weighted by Crippen LogP contribution is -2.36. The molecule has 0 atom stereocenters. The molecule has 2 rings (SSSR count). The zero-order chi connectivity index (χ0) is 13.0. The van der Waals surface area contributed by atoms with Crippen molar-refractivity contribution in [1.82, 2.24) is 4.98 Å². The highest BCUT2D eigenvalue weighted by Crippen LogP contribution is 2.25. The van der Waals surface area contributed by atoms with Crippen LogP contribution in [0, 0.1) is 0 Å². The van der Waals surface area contributed by atoms with Crippen molar-refractivity contribution in [2.75, 3.05) is 36.6 Å². The highest BCUT2D eigenvalue weighted by molar-refractivity contribution is 6.76. The minimum Gasteiger partial charge on any atom is -0.380 e. The lowest BCUT2D eigenvalue weighted by atomic mass is 10.3. The second-order valence-corrected chi connectivity index (χ2v) is 11.5. The molecule has 1 N–H and O–H groups in total. The number of rotatable bonds is 5. The van der Waals surface area contributed by atoms with Gasteiger partial charge in [0.25, 0.3) is 0 Å². The van der Waals surface area contributed by atoms with Crippen molar-refractivity contribution in [3.05, 3.63) is 18.3 Å². The smallest absolute Gasteiger partial charge is 0.153 e. The maximum Gasteiger partial charge on any atom is 0.153 e. The van der Waals surface area contributed by atoms with Gasteiger partial charge in [0, 0.05) is 34.0 Å². The van der Waals surface area contributed by atoms with Crippen molar-refractivity contribution in [2.45, 2.75) is 25.7 Å². The van der Waals surface area contributed by atoms with Crippen LogP contribution in [0.3, 0.4) is 0 Å². The molecule has 0 amide bonds. The van der Waals surface area contributed by atoms with Crippen LogP contribution in [-0.4, -0.2) is 39.5 Å². The highest BCUT2D eigenvalue weighted by atomic mass is 28.3. The molecule has 0 bridgehead atoms. The van der Waals surface area contributed by atoms with E-state index in [1.54, 1.807) is 0 Å². The topological polar surface area (TPSA) is 37.4 Å². The van der Waals surface area contributed by atoms with Gasteiger partial charge < -0.3 is 15.0 Å². The first-order valence-electron chi connectivity index (χ1n) is 6.58. The van der Waals surface area contributed by atoms with E-state index in [2.05, 4.69) is 40.9 Å². The Balaban J connectivity index is 1.84. The summed E-state index contributed by atoms with van der Waals surface area (Å²) in [4.78, 5) is 6.62. The standard InChI is InChI=1S/C13H23N3OSi/c1-18(2,3)10-9-17-11-16-8-7-14-12-5-4-6-15-13(12)16/h4-6,14H,7-11H2,1-3H3. The van der Waals surface area contributed by atoms with Gasteiger partial charge in [-0.2, -0.15) is 0 Å². The van der Waals surface area contributed by atoms with Gasteiger partial charge in [0.1, 0.15) is 6.73 Å². The molecule has 100 valence electrons. The Morgan fingerprint density at radius 3 is 3.06 bits per heavy atom. The maximum absolute atomic E-state index is 5.80. The quantitative estimate of drug-likeness (QED) is 0.656. The average molecular weight is 265 g/mol. The molecule has 2 heterocycles. The van der Waals surface area contributed by atoms with Gasteiger partial charge >= 0.3 is 0 Å². The number of nitrogens with one attached hydrogen (secondary N) is 1. The summed E-state index contributed by atoms with van der Waals surface area (Å²) in [6, 6.07) is 5.24. The van der Waals surface area contributed by atoms with E-state index in [-0.39, 0.29) is 0 Å². The molecule has 4 nitrogen and oxygen atoms in total. The first kappa shape index (κ1) is 13.4. The highest BCUT2D eigenvalue weighted by Gasteiger charge is 2.17. The lowest BCUT2D eigenvalue weighted by molar-refractivity contribution is 0.146. The van der Waals surface area contributed by atoms with E-state index in [9.17, 15) is 0 Å². The van der Waals surface area contributed by atoms with E-state index in [1.807, 2.05) is 12.3 Å². The molecule has 0 unspecified atom stereocenters. The summed E-state index contributed by atoms with van der Waals surface area (Å²) in [5, 5.41) is 3.35. The second-order valence-electron chi connectivity index (χ2n) is 5.91. The summed E-state index contributed by atoms with van der Waals surface area (Å²) in [7, 11) is -0.987. The Morgan fingerprint density at radius 1 is 1.44 bits per heavy atom. The molecule has 5 heteroatoms. The monoisotopic (exact) mass is 265 g/mol. The third-order valence-corrected chi connectivity index (χ3v) is 4.73. The molecule has 1 aromatic rings. The van der Waals surface area contributed by atoms with Gasteiger partial charge in [0.15, 0.2) is 5.82 Å². The normalized spacial score (nSPS) is 15.2. The Labute approximate surface area is 110 Å². The molecular formula is C13H23N3OSi. The van der Waals surface area contributed by atoms with Crippen LogP contribution in [0.1, 0.15) is 0 Å². The number of pyridine rings is 1. The van der Waals surface area contributed by atoms with E-state index >= 15 is 0 Å². The summed E-state index contributed by atoms with van der Waals surface area (Å²) in [5.74, 6) is 1.01. The SMILES string of the molecule is C[Si](C)(C)CCOCN1CCNc2cccnc21. The number of aromatic nitrogens is 1. The van der Waals surface area contributed by atoms with Gasteiger partial charge in [-0.25, -0.2) is 4.98 Å².